The largest absolute Gasteiger partial charge is 0.379 e. The van der Waals surface area contributed by atoms with E-state index in [4.69, 9.17) is 13.7 Å². The van der Waals surface area contributed by atoms with Gasteiger partial charge in [-0.3, -0.25) is 4.18 Å². The summed E-state index contributed by atoms with van der Waals surface area (Å²) in [7, 11) is -3.71. The minimum absolute atomic E-state index is 0.00426. The average molecular weight is 373 g/mol. The molecule has 0 aliphatic rings. The van der Waals surface area contributed by atoms with E-state index >= 15 is 0 Å². The van der Waals surface area contributed by atoms with Gasteiger partial charge >= 0.3 is 0 Å². The molecule has 0 saturated carbocycles. The van der Waals surface area contributed by atoms with Gasteiger partial charge in [-0.2, -0.15) is 8.42 Å². The Labute approximate surface area is 152 Å². The minimum atomic E-state index is -3.71. The molecule has 0 fully saturated rings. The molecule has 5 nitrogen and oxygen atoms in total. The molecule has 1 aromatic carbocycles. The second kappa shape index (κ2) is 12.4. The quantitative estimate of drug-likeness (QED) is 0.365. The number of hydrogen-bond acceptors (Lipinski definition) is 5. The van der Waals surface area contributed by atoms with Crippen molar-refractivity contribution in [2.24, 2.45) is 5.92 Å². The zero-order chi connectivity index (χ0) is 18.5. The van der Waals surface area contributed by atoms with Crippen molar-refractivity contribution in [1.29, 1.82) is 0 Å². The molecular formula is C19H32O5S. The number of unbranched alkanes of at least 4 members (excludes halogenated alkanes) is 1. The van der Waals surface area contributed by atoms with Gasteiger partial charge in [0, 0.05) is 6.61 Å². The first-order valence-electron chi connectivity index (χ1n) is 9.11. The van der Waals surface area contributed by atoms with E-state index in [1.165, 1.54) is 19.3 Å². The molecule has 0 heterocycles. The maximum Gasteiger partial charge on any atom is 0.297 e. The lowest BCUT2D eigenvalue weighted by atomic mass is 10.0. The van der Waals surface area contributed by atoms with Crippen LogP contribution in [-0.2, 0) is 23.8 Å². The highest BCUT2D eigenvalue weighted by Crippen LogP contribution is 2.13. The van der Waals surface area contributed by atoms with E-state index < -0.39 is 10.1 Å². The molecule has 0 spiro atoms. The van der Waals surface area contributed by atoms with Crippen LogP contribution in [0.25, 0.3) is 0 Å². The highest BCUT2D eigenvalue weighted by atomic mass is 32.2. The summed E-state index contributed by atoms with van der Waals surface area (Å²) in [5.41, 5.74) is 1.00. The monoisotopic (exact) mass is 372 g/mol. The molecule has 0 saturated heterocycles. The van der Waals surface area contributed by atoms with Gasteiger partial charge in [0.2, 0.25) is 0 Å². The summed E-state index contributed by atoms with van der Waals surface area (Å²) in [5, 5.41) is 0. The Kier molecular flexibility index (Phi) is 11.0. The van der Waals surface area contributed by atoms with Crippen molar-refractivity contribution in [1.82, 2.24) is 0 Å². The van der Waals surface area contributed by atoms with Crippen molar-refractivity contribution in [2.75, 3.05) is 33.0 Å². The van der Waals surface area contributed by atoms with Gasteiger partial charge in [-0.05, 0) is 31.4 Å². The lowest BCUT2D eigenvalue weighted by Gasteiger charge is -2.14. The van der Waals surface area contributed by atoms with Crippen LogP contribution in [0.3, 0.4) is 0 Å². The van der Waals surface area contributed by atoms with Gasteiger partial charge in [-0.1, -0.05) is 50.8 Å². The van der Waals surface area contributed by atoms with Crippen LogP contribution in [0.4, 0.5) is 0 Å². The van der Waals surface area contributed by atoms with Crippen LogP contribution in [0, 0.1) is 12.8 Å². The smallest absolute Gasteiger partial charge is 0.297 e. The van der Waals surface area contributed by atoms with Crippen LogP contribution in [-0.4, -0.2) is 41.5 Å². The van der Waals surface area contributed by atoms with Gasteiger partial charge < -0.3 is 9.47 Å². The Hall–Kier alpha value is -0.950. The Morgan fingerprint density at radius 1 is 0.960 bits per heavy atom. The molecule has 1 atom stereocenters. The van der Waals surface area contributed by atoms with E-state index in [9.17, 15) is 8.42 Å². The van der Waals surface area contributed by atoms with E-state index in [-0.39, 0.29) is 18.1 Å². The predicted octanol–water partition coefficient (Wildman–Crippen LogP) is 3.95. The van der Waals surface area contributed by atoms with Crippen molar-refractivity contribution < 1.29 is 22.1 Å². The summed E-state index contributed by atoms with van der Waals surface area (Å²) >= 11 is 0. The molecule has 144 valence electrons. The van der Waals surface area contributed by atoms with Gasteiger partial charge in [0.05, 0.1) is 31.3 Å². The van der Waals surface area contributed by atoms with Gasteiger partial charge in [0.15, 0.2) is 0 Å². The fourth-order valence-corrected chi connectivity index (χ4v) is 3.24. The zero-order valence-corrected chi connectivity index (χ0v) is 16.5. The first-order chi connectivity index (χ1) is 12.0. The maximum absolute atomic E-state index is 12.0. The Balaban J connectivity index is 2.11. The molecule has 1 aromatic rings. The Morgan fingerprint density at radius 3 is 2.24 bits per heavy atom. The van der Waals surface area contributed by atoms with Gasteiger partial charge in [-0.25, -0.2) is 0 Å². The van der Waals surface area contributed by atoms with Crippen LogP contribution in [0.5, 0.6) is 0 Å². The molecule has 0 aliphatic heterocycles. The number of hydrogen-bond donors (Lipinski definition) is 0. The first kappa shape index (κ1) is 22.1. The Bertz CT molecular complexity index is 554. The molecule has 0 aliphatic carbocycles. The molecule has 25 heavy (non-hydrogen) atoms. The summed E-state index contributed by atoms with van der Waals surface area (Å²) in [6.45, 7) is 8.24. The van der Waals surface area contributed by atoms with Crippen molar-refractivity contribution in [2.45, 2.75) is 51.3 Å². The highest BCUT2D eigenvalue weighted by molar-refractivity contribution is 7.86. The molecule has 0 aromatic heterocycles. The van der Waals surface area contributed by atoms with E-state index in [0.717, 1.165) is 18.6 Å². The average Bonchev–Trinajstić information content (AvgIpc) is 2.60. The van der Waals surface area contributed by atoms with E-state index in [2.05, 4.69) is 13.8 Å². The van der Waals surface area contributed by atoms with Crippen LogP contribution in [0.15, 0.2) is 29.2 Å². The molecule has 1 rings (SSSR count). The third-order valence-electron chi connectivity index (χ3n) is 4.04. The summed E-state index contributed by atoms with van der Waals surface area (Å²) in [4.78, 5) is 0.166. The fourth-order valence-electron chi connectivity index (χ4n) is 2.34. The molecule has 0 radical (unpaired) electrons. The van der Waals surface area contributed by atoms with Crippen molar-refractivity contribution >= 4 is 10.1 Å². The van der Waals surface area contributed by atoms with Crippen LogP contribution in [0.1, 0.15) is 45.1 Å². The summed E-state index contributed by atoms with van der Waals surface area (Å²) in [6.07, 6.45) is 4.79. The topological polar surface area (TPSA) is 61.8 Å². The number of ether oxygens (including phenoxy) is 2. The highest BCUT2D eigenvalue weighted by Gasteiger charge is 2.14. The Morgan fingerprint density at radius 2 is 1.60 bits per heavy atom. The molecule has 0 amide bonds. The summed E-state index contributed by atoms with van der Waals surface area (Å²) < 4.78 is 39.9. The standard InChI is InChI=1S/C19H32O5S/c1-4-6-7-18(5-2)16-23-13-12-22-14-15-24-25(20,21)19-10-8-17(3)9-11-19/h8-11,18H,4-7,12-16H2,1-3H3. The normalized spacial score (nSPS) is 13.1. The van der Waals surface area contributed by atoms with E-state index in [1.807, 2.05) is 6.92 Å². The molecule has 6 heteroatoms. The van der Waals surface area contributed by atoms with Crippen molar-refractivity contribution in [3.63, 3.8) is 0 Å². The van der Waals surface area contributed by atoms with Gasteiger partial charge in [-0.15, -0.1) is 0 Å². The SMILES string of the molecule is CCCCC(CC)COCCOCCOS(=O)(=O)c1ccc(C)cc1. The van der Waals surface area contributed by atoms with Crippen LogP contribution in [0.2, 0.25) is 0 Å². The predicted molar refractivity (Wildman–Crippen MR) is 99.3 cm³/mol. The molecular weight excluding hydrogens is 340 g/mol. The van der Waals surface area contributed by atoms with E-state index in [0.29, 0.717) is 19.1 Å². The molecule has 0 N–H and O–H groups in total. The molecule has 0 bridgehead atoms. The van der Waals surface area contributed by atoms with Gasteiger partial charge in [0.1, 0.15) is 0 Å². The third kappa shape index (κ3) is 9.35. The van der Waals surface area contributed by atoms with E-state index in [1.54, 1.807) is 24.3 Å². The fraction of sp³-hybridized carbons (Fsp3) is 0.684. The first-order valence-corrected chi connectivity index (χ1v) is 10.5. The second-order valence-electron chi connectivity index (χ2n) is 6.19. The molecule has 1 unspecified atom stereocenters. The van der Waals surface area contributed by atoms with Crippen LogP contribution >= 0.6 is 0 Å². The maximum atomic E-state index is 12.0. The number of benzene rings is 1. The van der Waals surface area contributed by atoms with Crippen molar-refractivity contribution in [3.05, 3.63) is 29.8 Å². The summed E-state index contributed by atoms with van der Waals surface area (Å²) in [6, 6.07) is 6.58. The van der Waals surface area contributed by atoms with Crippen molar-refractivity contribution in [3.8, 4) is 0 Å². The lowest BCUT2D eigenvalue weighted by Crippen LogP contribution is -2.15. The van der Waals surface area contributed by atoms with Gasteiger partial charge in [0.25, 0.3) is 10.1 Å². The van der Waals surface area contributed by atoms with Crippen LogP contribution < -0.4 is 0 Å². The lowest BCUT2D eigenvalue weighted by molar-refractivity contribution is 0.0234. The number of rotatable bonds is 14. The third-order valence-corrected chi connectivity index (χ3v) is 5.37. The summed E-state index contributed by atoms with van der Waals surface area (Å²) in [5.74, 6) is 0.614. The minimum Gasteiger partial charge on any atom is -0.379 e. The second-order valence-corrected chi connectivity index (χ2v) is 7.81. The zero-order valence-electron chi connectivity index (χ0n) is 15.7. The number of aryl methyl sites for hydroxylation is 1.